The average molecular weight is 259 g/mol. The predicted octanol–water partition coefficient (Wildman–Crippen LogP) is 2.13. The molecule has 19 heavy (non-hydrogen) atoms. The number of nitrogens with one attached hydrogen (secondary N) is 2. The van der Waals surface area contributed by atoms with Gasteiger partial charge in [0.2, 0.25) is 0 Å². The van der Waals surface area contributed by atoms with Crippen molar-refractivity contribution in [1.82, 2.24) is 15.3 Å². The third-order valence-electron chi connectivity index (χ3n) is 2.46. The van der Waals surface area contributed by atoms with Crippen LogP contribution in [0.3, 0.4) is 0 Å². The molecule has 0 saturated heterocycles. The molecule has 0 fully saturated rings. The summed E-state index contributed by atoms with van der Waals surface area (Å²) in [6.07, 6.45) is 3.35. The second-order valence-corrected chi connectivity index (χ2v) is 4.45. The van der Waals surface area contributed by atoms with Gasteiger partial charge in [0.15, 0.2) is 0 Å². The normalized spacial score (nSPS) is 10.5. The molecule has 100 valence electrons. The van der Waals surface area contributed by atoms with Crippen molar-refractivity contribution in [2.45, 2.75) is 26.5 Å². The van der Waals surface area contributed by atoms with Gasteiger partial charge >= 0.3 is 0 Å². The molecular formula is C14H17N3O2. The maximum absolute atomic E-state index is 12.0. The molecule has 5 heteroatoms. The number of ether oxygens (including phenoxy) is 1. The minimum atomic E-state index is -0.135. The van der Waals surface area contributed by atoms with Crippen molar-refractivity contribution in [1.29, 1.82) is 0 Å². The first-order chi connectivity index (χ1) is 9.15. The lowest BCUT2D eigenvalue weighted by Gasteiger charge is -2.10. The van der Waals surface area contributed by atoms with Crippen LogP contribution in [-0.4, -0.2) is 22.0 Å². The van der Waals surface area contributed by atoms with Gasteiger partial charge < -0.3 is 15.0 Å². The third-order valence-corrected chi connectivity index (χ3v) is 2.46. The standard InChI is InChI=1S/C14H17N3O2/c1-10(2)19-13-5-3-4-11(6-13)14(18)16-8-12-7-15-9-17-12/h3-7,9-10H,8H2,1-2H3,(H,15,17)(H,16,18). The van der Waals surface area contributed by atoms with Crippen molar-refractivity contribution >= 4 is 5.91 Å². The van der Waals surface area contributed by atoms with Crippen molar-refractivity contribution < 1.29 is 9.53 Å². The molecule has 0 bridgehead atoms. The monoisotopic (exact) mass is 259 g/mol. The predicted molar refractivity (Wildman–Crippen MR) is 72.0 cm³/mol. The smallest absolute Gasteiger partial charge is 0.251 e. The quantitative estimate of drug-likeness (QED) is 0.864. The van der Waals surface area contributed by atoms with E-state index < -0.39 is 0 Å². The van der Waals surface area contributed by atoms with Crippen LogP contribution in [0.25, 0.3) is 0 Å². The number of nitrogens with zero attached hydrogens (tertiary/aromatic N) is 1. The van der Waals surface area contributed by atoms with E-state index in [1.807, 2.05) is 26.0 Å². The van der Waals surface area contributed by atoms with E-state index in [-0.39, 0.29) is 12.0 Å². The van der Waals surface area contributed by atoms with Crippen molar-refractivity contribution in [3.63, 3.8) is 0 Å². The first-order valence-corrected chi connectivity index (χ1v) is 6.17. The first kappa shape index (κ1) is 13.1. The molecule has 0 aliphatic rings. The molecule has 1 aromatic carbocycles. The molecule has 0 spiro atoms. The summed E-state index contributed by atoms with van der Waals surface area (Å²) in [5.41, 5.74) is 1.45. The van der Waals surface area contributed by atoms with Gasteiger partial charge in [-0.3, -0.25) is 4.79 Å². The second kappa shape index (κ2) is 6.04. The minimum Gasteiger partial charge on any atom is -0.491 e. The molecule has 0 radical (unpaired) electrons. The highest BCUT2D eigenvalue weighted by Gasteiger charge is 2.07. The Balaban J connectivity index is 1.98. The van der Waals surface area contributed by atoms with Crippen molar-refractivity contribution in [3.8, 4) is 5.75 Å². The summed E-state index contributed by atoms with van der Waals surface area (Å²) in [4.78, 5) is 18.8. The van der Waals surface area contributed by atoms with Gasteiger partial charge in [0.1, 0.15) is 5.75 Å². The molecule has 0 unspecified atom stereocenters. The number of H-pyrrole nitrogens is 1. The minimum absolute atomic E-state index is 0.0864. The average Bonchev–Trinajstić information content (AvgIpc) is 2.88. The number of imidazole rings is 1. The van der Waals surface area contributed by atoms with Crippen LogP contribution in [0.4, 0.5) is 0 Å². The number of hydrogen-bond donors (Lipinski definition) is 2. The molecule has 5 nitrogen and oxygen atoms in total. The Morgan fingerprint density at radius 1 is 1.47 bits per heavy atom. The van der Waals surface area contributed by atoms with Crippen LogP contribution in [0.1, 0.15) is 29.9 Å². The lowest BCUT2D eigenvalue weighted by atomic mass is 10.2. The van der Waals surface area contributed by atoms with Gasteiger partial charge in [-0.1, -0.05) is 6.07 Å². The Labute approximate surface area is 112 Å². The maximum atomic E-state index is 12.0. The van der Waals surface area contributed by atoms with Gasteiger partial charge in [-0.2, -0.15) is 0 Å². The van der Waals surface area contributed by atoms with Crippen LogP contribution in [0, 0.1) is 0 Å². The Kier molecular flexibility index (Phi) is 4.18. The Morgan fingerprint density at radius 3 is 3.00 bits per heavy atom. The molecule has 0 saturated carbocycles. The molecule has 0 aliphatic carbocycles. The molecule has 0 aliphatic heterocycles. The largest absolute Gasteiger partial charge is 0.491 e. The summed E-state index contributed by atoms with van der Waals surface area (Å²) in [5.74, 6) is 0.563. The van der Waals surface area contributed by atoms with Crippen LogP contribution in [-0.2, 0) is 6.54 Å². The third kappa shape index (κ3) is 3.84. The summed E-state index contributed by atoms with van der Waals surface area (Å²) >= 11 is 0. The lowest BCUT2D eigenvalue weighted by Crippen LogP contribution is -2.23. The highest BCUT2D eigenvalue weighted by Crippen LogP contribution is 2.14. The summed E-state index contributed by atoms with van der Waals surface area (Å²) in [7, 11) is 0. The van der Waals surface area contributed by atoms with Gasteiger partial charge in [-0.15, -0.1) is 0 Å². The lowest BCUT2D eigenvalue weighted by molar-refractivity contribution is 0.0949. The SMILES string of the molecule is CC(C)Oc1cccc(C(=O)NCc2cnc[nH]2)c1. The van der Waals surface area contributed by atoms with Gasteiger partial charge in [-0.25, -0.2) is 4.98 Å². The Bertz CT molecular complexity index is 535. The molecule has 1 aromatic heterocycles. The number of rotatable bonds is 5. The topological polar surface area (TPSA) is 67.0 Å². The second-order valence-electron chi connectivity index (χ2n) is 4.45. The summed E-state index contributed by atoms with van der Waals surface area (Å²) < 4.78 is 5.56. The number of aromatic amines is 1. The van der Waals surface area contributed by atoms with E-state index in [2.05, 4.69) is 15.3 Å². The van der Waals surface area contributed by atoms with Crippen LogP contribution < -0.4 is 10.1 Å². The fraction of sp³-hybridized carbons (Fsp3) is 0.286. The number of aromatic nitrogens is 2. The molecule has 2 aromatic rings. The molecule has 2 rings (SSSR count). The van der Waals surface area contributed by atoms with E-state index in [1.165, 1.54) is 0 Å². The van der Waals surface area contributed by atoms with Crippen LogP contribution >= 0.6 is 0 Å². The summed E-state index contributed by atoms with van der Waals surface area (Å²) in [5, 5.41) is 2.82. The molecular weight excluding hydrogens is 242 g/mol. The Morgan fingerprint density at radius 2 is 2.32 bits per heavy atom. The molecule has 0 atom stereocenters. The molecule has 1 amide bonds. The zero-order valence-corrected chi connectivity index (χ0v) is 11.0. The highest BCUT2D eigenvalue weighted by molar-refractivity contribution is 5.94. The summed E-state index contributed by atoms with van der Waals surface area (Å²) in [6.45, 7) is 4.32. The molecule has 2 N–H and O–H groups in total. The number of carbonyl (C=O) groups is 1. The van der Waals surface area contributed by atoms with Crippen molar-refractivity contribution in [2.75, 3.05) is 0 Å². The van der Waals surface area contributed by atoms with Gasteiger partial charge in [-0.05, 0) is 32.0 Å². The van der Waals surface area contributed by atoms with Gasteiger partial charge in [0.25, 0.3) is 5.91 Å². The number of carbonyl (C=O) groups excluding carboxylic acids is 1. The van der Waals surface area contributed by atoms with Crippen molar-refractivity contribution in [2.24, 2.45) is 0 Å². The number of amides is 1. The number of hydrogen-bond acceptors (Lipinski definition) is 3. The fourth-order valence-electron chi connectivity index (χ4n) is 1.64. The van der Waals surface area contributed by atoms with Gasteiger partial charge in [0, 0.05) is 11.8 Å². The van der Waals surface area contributed by atoms with E-state index in [0.29, 0.717) is 17.9 Å². The Hall–Kier alpha value is -2.30. The van der Waals surface area contributed by atoms with Crippen LogP contribution in [0.15, 0.2) is 36.8 Å². The van der Waals surface area contributed by atoms with E-state index in [0.717, 1.165) is 5.69 Å². The van der Waals surface area contributed by atoms with Crippen LogP contribution in [0.2, 0.25) is 0 Å². The zero-order valence-electron chi connectivity index (χ0n) is 11.0. The highest BCUT2D eigenvalue weighted by atomic mass is 16.5. The first-order valence-electron chi connectivity index (χ1n) is 6.17. The maximum Gasteiger partial charge on any atom is 0.251 e. The zero-order chi connectivity index (χ0) is 13.7. The summed E-state index contributed by atoms with van der Waals surface area (Å²) in [6, 6.07) is 7.15. The van der Waals surface area contributed by atoms with E-state index in [1.54, 1.807) is 24.7 Å². The van der Waals surface area contributed by atoms with E-state index in [9.17, 15) is 4.79 Å². The number of benzene rings is 1. The van der Waals surface area contributed by atoms with E-state index >= 15 is 0 Å². The van der Waals surface area contributed by atoms with Crippen LogP contribution in [0.5, 0.6) is 5.75 Å². The van der Waals surface area contributed by atoms with E-state index in [4.69, 9.17) is 4.74 Å². The molecule has 1 heterocycles. The van der Waals surface area contributed by atoms with Gasteiger partial charge in [0.05, 0.1) is 24.7 Å². The van der Waals surface area contributed by atoms with Crippen molar-refractivity contribution in [3.05, 3.63) is 48.0 Å². The fourth-order valence-corrected chi connectivity index (χ4v) is 1.64.